The molecule has 2 heterocycles. The van der Waals surface area contributed by atoms with Crippen LogP contribution in [-0.2, 0) is 0 Å². The van der Waals surface area contributed by atoms with E-state index in [0.29, 0.717) is 17.8 Å². The minimum absolute atomic E-state index is 0.00122. The Morgan fingerprint density at radius 1 is 0.709 bits per heavy atom. The molecule has 55 heavy (non-hydrogen) atoms. The molecule has 1 aliphatic heterocycles. The number of hydrogen-bond acceptors (Lipinski definition) is 2. The van der Waals surface area contributed by atoms with Gasteiger partial charge in [-0.1, -0.05) is 128 Å². The molecule has 5 aliphatic rings. The Labute approximate surface area is 323 Å². The molecular weight excluding hydrogens is 669 g/mol. The summed E-state index contributed by atoms with van der Waals surface area (Å²) in [5, 5.41) is 2.50. The van der Waals surface area contributed by atoms with Gasteiger partial charge in [0.1, 0.15) is 11.9 Å². The van der Waals surface area contributed by atoms with Crippen molar-refractivity contribution >= 4 is 44.4 Å². The first-order chi connectivity index (χ1) is 27.3. The van der Waals surface area contributed by atoms with Crippen molar-refractivity contribution in [2.45, 2.75) is 50.5 Å². The number of aromatic nitrogens is 1. The monoisotopic (exact) mass is 712 g/mol. The van der Waals surface area contributed by atoms with Crippen LogP contribution in [0.1, 0.15) is 61.1 Å². The van der Waals surface area contributed by atoms with E-state index < -0.39 is 0 Å². The fraction of sp³-hybridized carbons (Fsp3) is 0.192. The highest BCUT2D eigenvalue weighted by Crippen LogP contribution is 2.55. The molecule has 11 rings (SSSR count). The average Bonchev–Trinajstić information content (AvgIpc) is 3.88. The molecule has 2 bridgehead atoms. The number of para-hydroxylation sites is 3. The van der Waals surface area contributed by atoms with Crippen LogP contribution in [0.5, 0.6) is 5.75 Å². The first kappa shape index (κ1) is 32.4. The van der Waals surface area contributed by atoms with Crippen molar-refractivity contribution < 1.29 is 4.74 Å². The van der Waals surface area contributed by atoms with Gasteiger partial charge in [0.05, 0.1) is 16.7 Å². The number of ether oxygens (including phenoxy) is 1. The van der Waals surface area contributed by atoms with Crippen molar-refractivity contribution in [3.05, 3.63) is 192 Å². The highest BCUT2D eigenvalue weighted by molar-refractivity contribution is 6.10. The van der Waals surface area contributed by atoms with Gasteiger partial charge < -0.3 is 14.2 Å². The molecule has 268 valence electrons. The summed E-state index contributed by atoms with van der Waals surface area (Å²) >= 11 is 0. The van der Waals surface area contributed by atoms with Gasteiger partial charge in [-0.2, -0.15) is 0 Å². The van der Waals surface area contributed by atoms with E-state index in [9.17, 15) is 0 Å². The third-order valence-electron chi connectivity index (χ3n) is 12.8. The van der Waals surface area contributed by atoms with Crippen molar-refractivity contribution in [3.8, 4) is 11.4 Å². The van der Waals surface area contributed by atoms with Crippen LogP contribution in [0.25, 0.3) is 33.1 Å². The standard InChI is InChI=1S/C52H44N2O/c1-2-38-40-21-8-3-5-16-34-17-9-10-20-39(34)51(38)44-31-29-36(32-46(40)44)53(48-26-15-24-45-43-23-12-14-27-50(43)55-52(45)48)37-28-30-42-41-22-11-13-25-47(41)54(49(42)33-37)35-18-6-4-7-19-35/h4,6-15,17-34,39,43,50-51H,2-3,5,16H2,1H3/b21-8-. The van der Waals surface area contributed by atoms with E-state index in [-0.39, 0.29) is 12.0 Å². The van der Waals surface area contributed by atoms with Crippen LogP contribution in [-0.4, -0.2) is 10.7 Å². The zero-order valence-corrected chi connectivity index (χ0v) is 31.2. The third kappa shape index (κ3) is 5.09. The molecular formula is C52H44N2O. The average molecular weight is 713 g/mol. The molecule has 0 saturated carbocycles. The molecule has 0 amide bonds. The highest BCUT2D eigenvalue weighted by Gasteiger charge is 2.39. The lowest BCUT2D eigenvalue weighted by Crippen LogP contribution is -2.21. The summed E-state index contributed by atoms with van der Waals surface area (Å²) in [5.41, 5.74) is 13.9. The van der Waals surface area contributed by atoms with Gasteiger partial charge in [-0.25, -0.2) is 0 Å². The largest absolute Gasteiger partial charge is 0.483 e. The summed E-state index contributed by atoms with van der Waals surface area (Å²) in [7, 11) is 0. The Hall–Kier alpha value is -6.06. The van der Waals surface area contributed by atoms with Crippen LogP contribution in [0.15, 0.2) is 176 Å². The smallest absolute Gasteiger partial charge is 0.148 e. The minimum Gasteiger partial charge on any atom is -0.483 e. The van der Waals surface area contributed by atoms with Crippen molar-refractivity contribution in [2.24, 2.45) is 11.8 Å². The maximum atomic E-state index is 6.89. The number of nitrogens with zero attached hydrogens (tertiary/aromatic N) is 2. The summed E-state index contributed by atoms with van der Waals surface area (Å²) in [5.74, 6) is 2.59. The van der Waals surface area contributed by atoms with Gasteiger partial charge in [-0.3, -0.25) is 0 Å². The predicted octanol–water partition coefficient (Wildman–Crippen LogP) is 13.6. The Balaban J connectivity index is 1.14. The zero-order valence-electron chi connectivity index (χ0n) is 31.2. The SMILES string of the molecule is CCC1=C2/C=C\CCCC3C=CC=CC3C1c1ccc(N(c3ccc4c5ccccc5n(-c5ccccc5)c4c3)c3cccc4c3OC3C=CC=CC43)cc12. The van der Waals surface area contributed by atoms with Crippen molar-refractivity contribution in [2.75, 3.05) is 4.90 Å². The van der Waals surface area contributed by atoms with E-state index in [1.54, 1.807) is 5.57 Å². The molecule has 0 N–H and O–H groups in total. The van der Waals surface area contributed by atoms with Crippen LogP contribution < -0.4 is 9.64 Å². The second kappa shape index (κ2) is 13.1. The van der Waals surface area contributed by atoms with Crippen LogP contribution in [0.3, 0.4) is 0 Å². The first-order valence-electron chi connectivity index (χ1n) is 20.2. The fourth-order valence-corrected chi connectivity index (χ4v) is 10.4. The van der Waals surface area contributed by atoms with E-state index in [2.05, 4.69) is 186 Å². The number of benzene rings is 5. The van der Waals surface area contributed by atoms with Crippen molar-refractivity contribution in [1.82, 2.24) is 4.57 Å². The molecule has 4 aliphatic carbocycles. The quantitative estimate of drug-likeness (QED) is 0.177. The van der Waals surface area contributed by atoms with E-state index in [1.165, 1.54) is 56.9 Å². The lowest BCUT2D eigenvalue weighted by Gasteiger charge is -2.32. The molecule has 5 aromatic carbocycles. The van der Waals surface area contributed by atoms with Gasteiger partial charge in [0.25, 0.3) is 0 Å². The number of fused-ring (bicyclic) bond motifs is 12. The highest BCUT2D eigenvalue weighted by atomic mass is 16.5. The molecule has 0 spiro atoms. The summed E-state index contributed by atoms with van der Waals surface area (Å²) < 4.78 is 9.31. The lowest BCUT2D eigenvalue weighted by atomic mass is 9.72. The normalized spacial score (nSPS) is 23.7. The van der Waals surface area contributed by atoms with Crippen LogP contribution in [0.2, 0.25) is 0 Å². The first-order valence-corrected chi connectivity index (χ1v) is 20.2. The van der Waals surface area contributed by atoms with Gasteiger partial charge in [-0.15, -0.1) is 0 Å². The van der Waals surface area contributed by atoms with Crippen LogP contribution in [0.4, 0.5) is 17.1 Å². The Kier molecular flexibility index (Phi) is 7.69. The van der Waals surface area contributed by atoms with E-state index >= 15 is 0 Å². The molecule has 5 unspecified atom stereocenters. The van der Waals surface area contributed by atoms with Crippen LogP contribution in [0, 0.1) is 11.8 Å². The van der Waals surface area contributed by atoms with Gasteiger partial charge in [-0.05, 0) is 109 Å². The van der Waals surface area contributed by atoms with E-state index in [1.807, 2.05) is 0 Å². The Morgan fingerprint density at radius 2 is 1.51 bits per heavy atom. The second-order valence-electron chi connectivity index (χ2n) is 15.7. The molecule has 0 fully saturated rings. The summed E-state index contributed by atoms with van der Waals surface area (Å²) in [4.78, 5) is 2.46. The Morgan fingerprint density at radius 3 is 2.44 bits per heavy atom. The Bertz CT molecular complexity index is 2680. The number of rotatable bonds is 5. The molecule has 1 aromatic heterocycles. The second-order valence-corrected chi connectivity index (χ2v) is 15.7. The van der Waals surface area contributed by atoms with Gasteiger partial charge >= 0.3 is 0 Å². The maximum absolute atomic E-state index is 6.89. The van der Waals surface area contributed by atoms with Gasteiger partial charge in [0.2, 0.25) is 0 Å². The predicted molar refractivity (Wildman–Crippen MR) is 229 cm³/mol. The van der Waals surface area contributed by atoms with E-state index in [0.717, 1.165) is 41.3 Å². The van der Waals surface area contributed by atoms with Crippen molar-refractivity contribution in [1.29, 1.82) is 0 Å². The molecule has 0 radical (unpaired) electrons. The summed E-state index contributed by atoms with van der Waals surface area (Å²) in [6.45, 7) is 2.35. The zero-order chi connectivity index (χ0) is 36.5. The summed E-state index contributed by atoms with van der Waals surface area (Å²) in [6.07, 6.45) is 27.8. The lowest BCUT2D eigenvalue weighted by molar-refractivity contribution is 0.269. The van der Waals surface area contributed by atoms with Gasteiger partial charge in [0, 0.05) is 45.2 Å². The third-order valence-corrected chi connectivity index (χ3v) is 12.8. The summed E-state index contributed by atoms with van der Waals surface area (Å²) in [6, 6.07) is 40.6. The van der Waals surface area contributed by atoms with Crippen molar-refractivity contribution in [3.63, 3.8) is 0 Å². The number of hydrogen-bond donors (Lipinski definition) is 0. The molecule has 0 saturated heterocycles. The topological polar surface area (TPSA) is 17.4 Å². The molecule has 3 heteroatoms. The fourth-order valence-electron chi connectivity index (χ4n) is 10.4. The molecule has 5 atom stereocenters. The van der Waals surface area contributed by atoms with E-state index in [4.69, 9.17) is 4.74 Å². The maximum Gasteiger partial charge on any atom is 0.148 e. The molecule has 3 nitrogen and oxygen atoms in total. The van der Waals surface area contributed by atoms with Gasteiger partial charge in [0.15, 0.2) is 0 Å². The molecule has 6 aromatic rings. The number of anilines is 3. The minimum atomic E-state index is -0.00122. The number of allylic oxidation sites excluding steroid dienone is 10. The van der Waals surface area contributed by atoms with Crippen LogP contribution >= 0.6 is 0 Å².